The van der Waals surface area contributed by atoms with Gasteiger partial charge < -0.3 is 15.0 Å². The van der Waals surface area contributed by atoms with Gasteiger partial charge in [-0.25, -0.2) is 4.68 Å². The van der Waals surface area contributed by atoms with Crippen molar-refractivity contribution in [3.05, 3.63) is 95.7 Å². The van der Waals surface area contributed by atoms with E-state index in [9.17, 15) is 9.59 Å². The van der Waals surface area contributed by atoms with Gasteiger partial charge in [-0.1, -0.05) is 42.0 Å². The van der Waals surface area contributed by atoms with Crippen molar-refractivity contribution < 1.29 is 14.3 Å². The van der Waals surface area contributed by atoms with Crippen LogP contribution in [-0.2, 0) is 11.3 Å². The van der Waals surface area contributed by atoms with Gasteiger partial charge in [0, 0.05) is 37.0 Å². The molecule has 2 amide bonds. The molecule has 0 bridgehead atoms. The Morgan fingerprint density at radius 2 is 1.84 bits per heavy atom. The average Bonchev–Trinajstić information content (AvgIpc) is 3.37. The van der Waals surface area contributed by atoms with Crippen LogP contribution in [0.15, 0.2) is 79.0 Å². The van der Waals surface area contributed by atoms with Gasteiger partial charge in [-0.3, -0.25) is 9.59 Å². The maximum atomic E-state index is 13.6. The average molecular weight is 495 g/mol. The molecule has 0 aliphatic carbocycles. The Hall–Kier alpha value is -4.39. The highest BCUT2D eigenvalue weighted by molar-refractivity contribution is 6.08. The van der Waals surface area contributed by atoms with Crippen LogP contribution in [0, 0.1) is 6.92 Å². The van der Waals surface area contributed by atoms with Crippen molar-refractivity contribution in [3.8, 4) is 22.7 Å². The minimum Gasteiger partial charge on any atom is -0.497 e. The number of carbonyl (C=O) groups is 2. The monoisotopic (exact) mass is 494 g/mol. The van der Waals surface area contributed by atoms with Gasteiger partial charge in [0.2, 0.25) is 5.91 Å². The summed E-state index contributed by atoms with van der Waals surface area (Å²) >= 11 is 0. The molecule has 1 saturated heterocycles. The predicted octanol–water partition coefficient (Wildman–Crippen LogP) is 5.62. The molecule has 3 aromatic carbocycles. The van der Waals surface area contributed by atoms with E-state index < -0.39 is 0 Å². The highest BCUT2D eigenvalue weighted by Crippen LogP contribution is 2.28. The lowest BCUT2D eigenvalue weighted by Crippen LogP contribution is -2.34. The zero-order chi connectivity index (χ0) is 25.8. The first-order valence-corrected chi connectivity index (χ1v) is 12.5. The molecule has 7 nitrogen and oxygen atoms in total. The van der Waals surface area contributed by atoms with Gasteiger partial charge in [0.1, 0.15) is 11.4 Å². The number of methoxy groups -OCH3 is 1. The molecule has 1 aliphatic heterocycles. The van der Waals surface area contributed by atoms with E-state index in [1.54, 1.807) is 18.0 Å². The molecule has 0 atom stereocenters. The topological polar surface area (TPSA) is 76.5 Å². The van der Waals surface area contributed by atoms with Crippen molar-refractivity contribution >= 4 is 17.5 Å². The van der Waals surface area contributed by atoms with Gasteiger partial charge in [-0.05, 0) is 61.7 Å². The SMILES string of the molecule is COc1cccc(-c2nn(-c3ccc(C)cc3)cc2C(=O)Nc2cccc(CN3CCCCC3=O)c2)c1. The molecule has 1 fully saturated rings. The largest absolute Gasteiger partial charge is 0.497 e. The van der Waals surface area contributed by atoms with Crippen LogP contribution in [0.3, 0.4) is 0 Å². The quantitative estimate of drug-likeness (QED) is 0.362. The maximum absolute atomic E-state index is 13.6. The third-order valence-corrected chi connectivity index (χ3v) is 6.58. The first-order valence-electron chi connectivity index (χ1n) is 12.5. The lowest BCUT2D eigenvalue weighted by atomic mass is 10.1. The molecule has 7 heteroatoms. The van der Waals surface area contributed by atoms with E-state index in [1.165, 1.54) is 0 Å². The van der Waals surface area contributed by atoms with Crippen LogP contribution >= 0.6 is 0 Å². The van der Waals surface area contributed by atoms with Crippen LogP contribution in [0.25, 0.3) is 16.9 Å². The number of ether oxygens (including phenoxy) is 1. The molecule has 0 saturated carbocycles. The van der Waals surface area contributed by atoms with Gasteiger partial charge in [0.25, 0.3) is 5.91 Å². The molecule has 0 radical (unpaired) electrons. The van der Waals surface area contributed by atoms with Gasteiger partial charge >= 0.3 is 0 Å². The van der Waals surface area contributed by atoms with Crippen molar-refractivity contribution in [1.82, 2.24) is 14.7 Å². The summed E-state index contributed by atoms with van der Waals surface area (Å²) in [5.41, 5.74) is 5.46. The van der Waals surface area contributed by atoms with Crippen LogP contribution in [0.5, 0.6) is 5.75 Å². The van der Waals surface area contributed by atoms with E-state index in [0.717, 1.165) is 41.8 Å². The van der Waals surface area contributed by atoms with E-state index in [0.29, 0.717) is 35.7 Å². The Morgan fingerprint density at radius 1 is 1.03 bits per heavy atom. The van der Waals surface area contributed by atoms with Gasteiger partial charge in [-0.2, -0.15) is 5.10 Å². The fraction of sp³-hybridized carbons (Fsp3) is 0.233. The molecule has 37 heavy (non-hydrogen) atoms. The van der Waals surface area contributed by atoms with E-state index in [2.05, 4.69) is 5.32 Å². The second-order valence-electron chi connectivity index (χ2n) is 9.33. The fourth-order valence-electron chi connectivity index (χ4n) is 4.55. The molecular formula is C30H30N4O3. The number of carbonyl (C=O) groups excluding carboxylic acids is 2. The van der Waals surface area contributed by atoms with E-state index >= 15 is 0 Å². The first-order chi connectivity index (χ1) is 18.0. The predicted molar refractivity (Wildman–Crippen MR) is 144 cm³/mol. The van der Waals surface area contributed by atoms with Crippen molar-refractivity contribution in [2.45, 2.75) is 32.7 Å². The number of likely N-dealkylation sites (tertiary alicyclic amines) is 1. The molecule has 4 aromatic rings. The lowest BCUT2D eigenvalue weighted by molar-refractivity contribution is -0.133. The van der Waals surface area contributed by atoms with Crippen molar-refractivity contribution in [2.75, 3.05) is 19.0 Å². The zero-order valence-corrected chi connectivity index (χ0v) is 21.1. The maximum Gasteiger partial charge on any atom is 0.259 e. The van der Waals surface area contributed by atoms with Crippen LogP contribution in [0.2, 0.25) is 0 Å². The van der Waals surface area contributed by atoms with Crippen molar-refractivity contribution in [2.24, 2.45) is 0 Å². The number of piperidine rings is 1. The minimum absolute atomic E-state index is 0.187. The normalized spacial score (nSPS) is 13.5. The highest BCUT2D eigenvalue weighted by atomic mass is 16.5. The number of benzene rings is 3. The second-order valence-corrected chi connectivity index (χ2v) is 9.33. The molecular weight excluding hydrogens is 464 g/mol. The summed E-state index contributed by atoms with van der Waals surface area (Å²) in [4.78, 5) is 27.7. The molecule has 188 valence electrons. The first kappa shape index (κ1) is 24.3. The molecule has 0 spiro atoms. The van der Waals surface area contributed by atoms with Gasteiger partial charge in [-0.15, -0.1) is 0 Å². The third kappa shape index (κ3) is 5.56. The number of aryl methyl sites for hydroxylation is 1. The summed E-state index contributed by atoms with van der Waals surface area (Å²) in [7, 11) is 1.61. The van der Waals surface area contributed by atoms with E-state index in [4.69, 9.17) is 9.84 Å². The number of rotatable bonds is 7. The molecule has 2 heterocycles. The molecule has 5 rings (SSSR count). The summed E-state index contributed by atoms with van der Waals surface area (Å²) in [5.74, 6) is 0.614. The summed E-state index contributed by atoms with van der Waals surface area (Å²) in [6.45, 7) is 3.35. The molecule has 1 aliphatic rings. The Balaban J connectivity index is 1.44. The van der Waals surface area contributed by atoms with Gasteiger partial charge in [0.05, 0.1) is 18.4 Å². The van der Waals surface area contributed by atoms with E-state index in [-0.39, 0.29) is 11.8 Å². The Bertz CT molecular complexity index is 1430. The molecule has 0 unspecified atom stereocenters. The number of hydrogen-bond donors (Lipinski definition) is 1. The van der Waals surface area contributed by atoms with Crippen molar-refractivity contribution in [1.29, 1.82) is 0 Å². The van der Waals surface area contributed by atoms with Crippen molar-refractivity contribution in [3.63, 3.8) is 0 Å². The third-order valence-electron chi connectivity index (χ3n) is 6.58. The number of nitrogens with zero attached hydrogens (tertiary/aromatic N) is 3. The summed E-state index contributed by atoms with van der Waals surface area (Å²) in [5, 5.41) is 7.81. The van der Waals surface area contributed by atoms with Gasteiger partial charge in [0.15, 0.2) is 0 Å². The number of anilines is 1. The minimum atomic E-state index is -0.262. The standard InChI is InChI=1S/C30H30N4O3/c1-21-12-14-25(15-13-21)34-20-27(29(32-34)23-8-6-10-26(18-23)37-2)30(36)31-24-9-5-7-22(17-24)19-33-16-4-3-11-28(33)35/h5-10,12-15,17-18,20H,3-4,11,16,19H2,1-2H3,(H,31,36). The van der Waals surface area contributed by atoms with Crippen LogP contribution < -0.4 is 10.1 Å². The zero-order valence-electron chi connectivity index (χ0n) is 21.1. The lowest BCUT2D eigenvalue weighted by Gasteiger charge is -2.26. The molecule has 1 N–H and O–H groups in total. The van der Waals surface area contributed by atoms with Crippen LogP contribution in [0.4, 0.5) is 5.69 Å². The summed E-state index contributed by atoms with van der Waals surface area (Å²) < 4.78 is 7.12. The summed E-state index contributed by atoms with van der Waals surface area (Å²) in [6.07, 6.45) is 4.34. The highest BCUT2D eigenvalue weighted by Gasteiger charge is 2.21. The fourth-order valence-corrected chi connectivity index (χ4v) is 4.55. The summed E-state index contributed by atoms with van der Waals surface area (Å²) in [6, 6.07) is 23.2. The number of hydrogen-bond acceptors (Lipinski definition) is 4. The number of nitrogens with one attached hydrogen (secondary N) is 1. The van der Waals surface area contributed by atoms with E-state index in [1.807, 2.05) is 84.6 Å². The Labute approximate surface area is 216 Å². The van der Waals surface area contributed by atoms with Crippen LogP contribution in [-0.4, -0.2) is 40.1 Å². The van der Waals surface area contributed by atoms with Crippen LogP contribution in [0.1, 0.15) is 40.7 Å². The Kier molecular flexibility index (Phi) is 7.03. The number of amides is 2. The second kappa shape index (κ2) is 10.7. The molecule has 1 aromatic heterocycles. The number of aromatic nitrogens is 2. The Morgan fingerprint density at radius 3 is 2.62 bits per heavy atom. The smallest absolute Gasteiger partial charge is 0.259 e.